The van der Waals surface area contributed by atoms with Crippen LogP contribution in [0.4, 0.5) is 8.78 Å². The van der Waals surface area contributed by atoms with Crippen LogP contribution in [0.15, 0.2) is 33.5 Å². The van der Waals surface area contributed by atoms with Crippen molar-refractivity contribution in [3.8, 4) is 0 Å². The molecular formula is C19H20F2N2O3. The fourth-order valence-electron chi connectivity index (χ4n) is 3.12. The summed E-state index contributed by atoms with van der Waals surface area (Å²) in [7, 11) is 0. The van der Waals surface area contributed by atoms with Crippen LogP contribution in [0, 0.1) is 18.6 Å². The number of halogens is 2. The van der Waals surface area contributed by atoms with Gasteiger partial charge in [0.05, 0.1) is 0 Å². The lowest BCUT2D eigenvalue weighted by molar-refractivity contribution is 0.0945. The van der Waals surface area contributed by atoms with Crippen molar-refractivity contribution in [2.75, 3.05) is 13.1 Å². The lowest BCUT2D eigenvalue weighted by atomic mass is 9.95. The van der Waals surface area contributed by atoms with Gasteiger partial charge in [0, 0.05) is 19.0 Å². The summed E-state index contributed by atoms with van der Waals surface area (Å²) in [5.74, 6) is -1.84. The molecule has 138 valence electrons. The van der Waals surface area contributed by atoms with Crippen molar-refractivity contribution < 1.29 is 18.0 Å². The highest BCUT2D eigenvalue weighted by atomic mass is 19.2. The minimum absolute atomic E-state index is 0.0246. The molecule has 2 N–H and O–H groups in total. The van der Waals surface area contributed by atoms with Crippen molar-refractivity contribution in [1.29, 1.82) is 0 Å². The molecule has 0 saturated carbocycles. The number of piperidine rings is 1. The quantitative estimate of drug-likeness (QED) is 0.877. The van der Waals surface area contributed by atoms with Crippen LogP contribution in [-0.4, -0.2) is 19.0 Å². The molecule has 3 rings (SSSR count). The van der Waals surface area contributed by atoms with Crippen molar-refractivity contribution in [2.45, 2.75) is 32.2 Å². The number of hydrogen-bond acceptors (Lipinski definition) is 4. The van der Waals surface area contributed by atoms with E-state index in [2.05, 4.69) is 10.6 Å². The van der Waals surface area contributed by atoms with Crippen LogP contribution >= 0.6 is 0 Å². The molecule has 1 fully saturated rings. The maximum Gasteiger partial charge on any atom is 0.349 e. The molecule has 7 heteroatoms. The molecular weight excluding hydrogens is 342 g/mol. The van der Waals surface area contributed by atoms with Gasteiger partial charge in [0.25, 0.3) is 5.91 Å². The second kappa shape index (κ2) is 7.78. The minimum atomic E-state index is -0.988. The van der Waals surface area contributed by atoms with Crippen LogP contribution in [0.5, 0.6) is 0 Å². The third-order valence-corrected chi connectivity index (χ3v) is 4.53. The summed E-state index contributed by atoms with van der Waals surface area (Å²) < 4.78 is 31.5. The van der Waals surface area contributed by atoms with E-state index in [-0.39, 0.29) is 18.0 Å². The maximum absolute atomic E-state index is 13.2. The topological polar surface area (TPSA) is 71.3 Å². The van der Waals surface area contributed by atoms with E-state index in [1.807, 2.05) is 0 Å². The van der Waals surface area contributed by atoms with Crippen LogP contribution < -0.4 is 16.3 Å². The first-order valence-corrected chi connectivity index (χ1v) is 8.53. The van der Waals surface area contributed by atoms with E-state index in [0.29, 0.717) is 16.9 Å². The largest absolute Gasteiger partial charge is 0.427 e. The van der Waals surface area contributed by atoms with Gasteiger partial charge in [0.15, 0.2) is 11.6 Å². The Morgan fingerprint density at radius 3 is 2.77 bits per heavy atom. The summed E-state index contributed by atoms with van der Waals surface area (Å²) in [5.41, 5.74) is 0.169. The Bertz CT molecular complexity index is 874. The monoisotopic (exact) mass is 362 g/mol. The van der Waals surface area contributed by atoms with E-state index in [9.17, 15) is 18.4 Å². The van der Waals surface area contributed by atoms with Gasteiger partial charge >= 0.3 is 5.63 Å². The molecule has 1 saturated heterocycles. The van der Waals surface area contributed by atoms with Gasteiger partial charge in [0.2, 0.25) is 0 Å². The molecule has 2 heterocycles. The van der Waals surface area contributed by atoms with Gasteiger partial charge in [-0.05, 0) is 55.6 Å². The number of aryl methyl sites for hydroxylation is 1. The van der Waals surface area contributed by atoms with Gasteiger partial charge in [-0.1, -0.05) is 6.07 Å². The van der Waals surface area contributed by atoms with Gasteiger partial charge < -0.3 is 15.1 Å². The average Bonchev–Trinajstić information content (AvgIpc) is 2.63. The van der Waals surface area contributed by atoms with E-state index < -0.39 is 23.2 Å². The number of carbonyl (C=O) groups is 1. The Balaban J connectivity index is 1.74. The molecule has 5 nitrogen and oxygen atoms in total. The Morgan fingerprint density at radius 1 is 1.31 bits per heavy atom. The normalized spacial score (nSPS) is 17.1. The molecule has 0 aliphatic carbocycles. The van der Waals surface area contributed by atoms with E-state index in [4.69, 9.17) is 4.42 Å². The first kappa shape index (κ1) is 18.3. The van der Waals surface area contributed by atoms with E-state index in [1.54, 1.807) is 13.0 Å². The van der Waals surface area contributed by atoms with E-state index >= 15 is 0 Å². The van der Waals surface area contributed by atoms with Crippen LogP contribution in [0.2, 0.25) is 0 Å². The van der Waals surface area contributed by atoms with Gasteiger partial charge in [0.1, 0.15) is 11.3 Å². The fourth-order valence-corrected chi connectivity index (χ4v) is 3.12. The lowest BCUT2D eigenvalue weighted by Gasteiger charge is -2.22. The summed E-state index contributed by atoms with van der Waals surface area (Å²) in [6, 6.07) is 5.09. The van der Waals surface area contributed by atoms with Gasteiger partial charge in [-0.2, -0.15) is 0 Å². The predicted molar refractivity (Wildman–Crippen MR) is 92.1 cm³/mol. The summed E-state index contributed by atoms with van der Waals surface area (Å²) in [5, 5.41) is 5.80. The number of hydrogen-bond donors (Lipinski definition) is 2. The van der Waals surface area contributed by atoms with Gasteiger partial charge in [-0.15, -0.1) is 0 Å². The summed E-state index contributed by atoms with van der Waals surface area (Å²) in [4.78, 5) is 24.6. The number of nitrogens with one attached hydrogen (secondary N) is 2. The number of rotatable bonds is 4. The summed E-state index contributed by atoms with van der Waals surface area (Å²) in [6.07, 6.45) is 1.93. The third-order valence-electron chi connectivity index (χ3n) is 4.53. The zero-order valence-electron chi connectivity index (χ0n) is 14.4. The average molecular weight is 362 g/mol. The van der Waals surface area contributed by atoms with Crippen molar-refractivity contribution in [3.05, 3.63) is 68.8 Å². The molecule has 26 heavy (non-hydrogen) atoms. The van der Waals surface area contributed by atoms with Crippen LogP contribution in [0.25, 0.3) is 0 Å². The minimum Gasteiger partial charge on any atom is -0.427 e. The molecule has 0 bridgehead atoms. The maximum atomic E-state index is 13.2. The first-order valence-electron chi connectivity index (χ1n) is 8.53. The summed E-state index contributed by atoms with van der Waals surface area (Å²) in [6.45, 7) is 3.35. The molecule has 1 aliphatic heterocycles. The SMILES string of the molecule is Cc1cc(C2CCCNC2)oc(=O)c1C(=O)NCc1ccc(F)c(F)c1. The Hall–Kier alpha value is -2.54. The summed E-state index contributed by atoms with van der Waals surface area (Å²) >= 11 is 0. The highest BCUT2D eigenvalue weighted by Gasteiger charge is 2.22. The molecule has 1 aromatic heterocycles. The highest BCUT2D eigenvalue weighted by Crippen LogP contribution is 2.23. The van der Waals surface area contributed by atoms with Gasteiger partial charge in [-0.3, -0.25) is 4.79 Å². The molecule has 1 atom stereocenters. The predicted octanol–water partition coefficient (Wildman–Crippen LogP) is 2.62. The third kappa shape index (κ3) is 3.99. The van der Waals surface area contributed by atoms with Crippen molar-refractivity contribution >= 4 is 5.91 Å². The number of carbonyl (C=O) groups excluding carboxylic acids is 1. The molecule has 0 radical (unpaired) electrons. The molecule has 1 aliphatic rings. The molecule has 1 amide bonds. The Kier molecular flexibility index (Phi) is 5.46. The number of benzene rings is 1. The standard InChI is InChI=1S/C19H20F2N2O3/c1-11-7-16(13-3-2-6-22-10-13)26-19(25)17(11)18(24)23-9-12-4-5-14(20)15(21)8-12/h4-5,7-8,13,22H,2-3,6,9-10H2,1H3,(H,23,24). The molecule has 0 spiro atoms. The fraction of sp³-hybridized carbons (Fsp3) is 0.368. The molecule has 1 unspecified atom stereocenters. The smallest absolute Gasteiger partial charge is 0.349 e. The zero-order chi connectivity index (χ0) is 18.7. The van der Waals surface area contributed by atoms with E-state index in [1.165, 1.54) is 6.07 Å². The van der Waals surface area contributed by atoms with Gasteiger partial charge in [-0.25, -0.2) is 13.6 Å². The Morgan fingerprint density at radius 2 is 2.12 bits per heavy atom. The van der Waals surface area contributed by atoms with Crippen LogP contribution in [0.1, 0.15) is 46.0 Å². The molecule has 2 aromatic rings. The van der Waals surface area contributed by atoms with E-state index in [0.717, 1.165) is 38.1 Å². The molecule has 1 aromatic carbocycles. The van der Waals surface area contributed by atoms with Crippen LogP contribution in [0.3, 0.4) is 0 Å². The zero-order valence-corrected chi connectivity index (χ0v) is 14.4. The van der Waals surface area contributed by atoms with Crippen molar-refractivity contribution in [1.82, 2.24) is 10.6 Å². The second-order valence-corrected chi connectivity index (χ2v) is 6.47. The second-order valence-electron chi connectivity index (χ2n) is 6.47. The highest BCUT2D eigenvalue weighted by molar-refractivity contribution is 5.95. The van der Waals surface area contributed by atoms with Crippen molar-refractivity contribution in [3.63, 3.8) is 0 Å². The van der Waals surface area contributed by atoms with Crippen LogP contribution in [-0.2, 0) is 6.54 Å². The van der Waals surface area contributed by atoms with Crippen molar-refractivity contribution in [2.24, 2.45) is 0 Å². The lowest BCUT2D eigenvalue weighted by Crippen LogP contribution is -2.31. The first-order chi connectivity index (χ1) is 12.5. The number of amides is 1. The Labute approximate surface area is 149 Å².